The molecule has 0 atom stereocenters. The van der Waals surface area contributed by atoms with E-state index in [1.807, 2.05) is 26.0 Å². The molecule has 0 saturated heterocycles. The van der Waals surface area contributed by atoms with E-state index >= 15 is 0 Å². The number of pyridine rings is 1. The van der Waals surface area contributed by atoms with Crippen molar-refractivity contribution < 1.29 is 8.42 Å². The monoisotopic (exact) mass is 416 g/mol. The van der Waals surface area contributed by atoms with Gasteiger partial charge in [0.2, 0.25) is 0 Å². The predicted octanol–water partition coefficient (Wildman–Crippen LogP) is 1.84. The molecule has 29 heavy (non-hydrogen) atoms. The summed E-state index contributed by atoms with van der Waals surface area (Å²) < 4.78 is 28.9. The van der Waals surface area contributed by atoms with Gasteiger partial charge in [-0.15, -0.1) is 10.2 Å². The highest BCUT2D eigenvalue weighted by Crippen LogP contribution is 2.13. The van der Waals surface area contributed by atoms with Gasteiger partial charge in [0, 0.05) is 32.0 Å². The Balaban J connectivity index is 1.48. The van der Waals surface area contributed by atoms with Crippen molar-refractivity contribution in [1.82, 2.24) is 29.5 Å². The Kier molecular flexibility index (Phi) is 6.39. The summed E-state index contributed by atoms with van der Waals surface area (Å²) in [5.74, 6) is 2.45. The Morgan fingerprint density at radius 3 is 2.34 bits per heavy atom. The first kappa shape index (κ1) is 20.7. The Hall–Kier alpha value is -3.05. The van der Waals surface area contributed by atoms with Crippen LogP contribution in [0, 0.1) is 13.8 Å². The first-order chi connectivity index (χ1) is 13.9. The minimum Gasteiger partial charge on any atom is -0.367 e. The number of aromatic nitrogens is 5. The number of hydrogen-bond acceptors (Lipinski definition) is 8. The lowest BCUT2D eigenvalue weighted by Crippen LogP contribution is -2.29. The Morgan fingerprint density at radius 1 is 1.00 bits per heavy atom. The second kappa shape index (κ2) is 8.97. The smallest absolute Gasteiger partial charge is 0.259 e. The normalized spacial score (nSPS) is 11.4. The van der Waals surface area contributed by atoms with Crippen molar-refractivity contribution in [2.24, 2.45) is 0 Å². The van der Waals surface area contributed by atoms with E-state index < -0.39 is 10.0 Å². The highest BCUT2D eigenvalue weighted by molar-refractivity contribution is 7.89. The van der Waals surface area contributed by atoms with Gasteiger partial charge in [0.1, 0.15) is 17.5 Å². The van der Waals surface area contributed by atoms with E-state index in [-0.39, 0.29) is 11.6 Å². The third kappa shape index (κ3) is 5.48. The van der Waals surface area contributed by atoms with Crippen LogP contribution in [0.3, 0.4) is 0 Å². The average molecular weight is 417 g/mol. The van der Waals surface area contributed by atoms with Gasteiger partial charge in [-0.25, -0.2) is 23.1 Å². The molecule has 10 nitrogen and oxygen atoms in total. The molecule has 0 aliphatic heterocycles. The van der Waals surface area contributed by atoms with Gasteiger partial charge < -0.3 is 15.2 Å². The molecule has 0 saturated carbocycles. The summed E-state index contributed by atoms with van der Waals surface area (Å²) >= 11 is 0. The van der Waals surface area contributed by atoms with E-state index in [0.29, 0.717) is 36.4 Å². The Bertz CT molecular complexity index is 1050. The molecule has 3 aromatic heterocycles. The van der Waals surface area contributed by atoms with Crippen LogP contribution in [-0.4, -0.2) is 46.2 Å². The summed E-state index contributed by atoms with van der Waals surface area (Å²) in [5, 5.41) is 14.3. The molecule has 0 spiro atoms. The minimum atomic E-state index is -3.65. The first-order valence-corrected chi connectivity index (χ1v) is 10.7. The number of anilines is 3. The molecule has 0 radical (unpaired) electrons. The van der Waals surface area contributed by atoms with E-state index in [1.54, 1.807) is 29.8 Å². The highest BCUT2D eigenvalue weighted by Gasteiger charge is 2.18. The maximum absolute atomic E-state index is 12.3. The van der Waals surface area contributed by atoms with Crippen LogP contribution in [0.1, 0.15) is 18.3 Å². The number of nitrogens with zero attached hydrogens (tertiary/aromatic N) is 5. The standard InChI is InChI=1S/C18H24N8O2S/c1-4-26-12-18(22-14(26)3)29(27,28)21-10-9-19-16-7-8-17(25-24-16)23-15-6-5-13(2)11-20-15/h5-8,11-12,21H,4,9-10H2,1-3H3,(H,19,24)(H,20,23,25). The zero-order chi connectivity index (χ0) is 20.9. The molecular weight excluding hydrogens is 392 g/mol. The van der Waals surface area contributed by atoms with Crippen molar-refractivity contribution in [3.63, 3.8) is 0 Å². The average Bonchev–Trinajstić information content (AvgIpc) is 3.10. The molecule has 0 fully saturated rings. The summed E-state index contributed by atoms with van der Waals surface area (Å²) in [6.07, 6.45) is 3.30. The molecule has 0 aliphatic rings. The van der Waals surface area contributed by atoms with Crippen LogP contribution in [0.5, 0.6) is 0 Å². The largest absolute Gasteiger partial charge is 0.367 e. The molecule has 0 bridgehead atoms. The maximum Gasteiger partial charge on any atom is 0.259 e. The Labute approximate surface area is 169 Å². The molecule has 0 amide bonds. The molecule has 154 valence electrons. The van der Waals surface area contributed by atoms with Gasteiger partial charge in [-0.1, -0.05) is 6.07 Å². The van der Waals surface area contributed by atoms with Gasteiger partial charge in [0.15, 0.2) is 10.8 Å². The topological polar surface area (TPSA) is 127 Å². The van der Waals surface area contributed by atoms with Crippen LogP contribution < -0.4 is 15.4 Å². The predicted molar refractivity (Wildman–Crippen MR) is 111 cm³/mol. The highest BCUT2D eigenvalue weighted by atomic mass is 32.2. The van der Waals surface area contributed by atoms with Gasteiger partial charge in [-0.05, 0) is 44.5 Å². The second-order valence-corrected chi connectivity index (χ2v) is 8.10. The van der Waals surface area contributed by atoms with E-state index in [1.165, 1.54) is 6.20 Å². The quantitative estimate of drug-likeness (QED) is 0.451. The van der Waals surface area contributed by atoms with Crippen molar-refractivity contribution in [2.75, 3.05) is 23.7 Å². The van der Waals surface area contributed by atoms with Crippen molar-refractivity contribution in [2.45, 2.75) is 32.3 Å². The molecule has 0 unspecified atom stereocenters. The lowest BCUT2D eigenvalue weighted by molar-refractivity contribution is 0.579. The van der Waals surface area contributed by atoms with Crippen molar-refractivity contribution in [1.29, 1.82) is 0 Å². The lowest BCUT2D eigenvalue weighted by atomic mass is 10.3. The zero-order valence-electron chi connectivity index (χ0n) is 16.5. The number of nitrogens with one attached hydrogen (secondary N) is 3. The van der Waals surface area contributed by atoms with E-state index in [0.717, 1.165) is 5.56 Å². The fraction of sp³-hybridized carbons (Fsp3) is 0.333. The van der Waals surface area contributed by atoms with Crippen LogP contribution in [-0.2, 0) is 16.6 Å². The summed E-state index contributed by atoms with van der Waals surface area (Å²) in [5.41, 5.74) is 1.07. The van der Waals surface area contributed by atoms with Gasteiger partial charge in [0.05, 0.1) is 0 Å². The number of hydrogen-bond donors (Lipinski definition) is 3. The summed E-state index contributed by atoms with van der Waals surface area (Å²) in [4.78, 5) is 8.35. The lowest BCUT2D eigenvalue weighted by Gasteiger charge is -2.08. The van der Waals surface area contributed by atoms with Crippen LogP contribution in [0.4, 0.5) is 17.5 Å². The van der Waals surface area contributed by atoms with Crippen molar-refractivity contribution in [3.05, 3.63) is 48.0 Å². The zero-order valence-corrected chi connectivity index (χ0v) is 17.4. The number of imidazole rings is 1. The molecule has 11 heteroatoms. The summed E-state index contributed by atoms with van der Waals surface area (Å²) in [6, 6.07) is 7.33. The number of rotatable bonds is 9. The van der Waals surface area contributed by atoms with Crippen molar-refractivity contribution >= 4 is 27.5 Å². The summed E-state index contributed by atoms with van der Waals surface area (Å²) in [6.45, 7) is 6.88. The van der Waals surface area contributed by atoms with Gasteiger partial charge >= 0.3 is 0 Å². The van der Waals surface area contributed by atoms with Crippen LogP contribution in [0.15, 0.2) is 41.7 Å². The van der Waals surface area contributed by atoms with Gasteiger partial charge in [-0.2, -0.15) is 0 Å². The summed E-state index contributed by atoms with van der Waals surface area (Å²) in [7, 11) is -3.65. The molecule has 0 aromatic carbocycles. The Morgan fingerprint density at radius 2 is 1.72 bits per heavy atom. The first-order valence-electron chi connectivity index (χ1n) is 9.18. The maximum atomic E-state index is 12.3. The molecular formula is C18H24N8O2S. The van der Waals surface area contributed by atoms with Gasteiger partial charge in [-0.3, -0.25) is 0 Å². The molecule has 3 N–H and O–H groups in total. The third-order valence-electron chi connectivity index (χ3n) is 4.13. The van der Waals surface area contributed by atoms with Crippen LogP contribution in [0.25, 0.3) is 0 Å². The number of aryl methyl sites for hydroxylation is 3. The van der Waals surface area contributed by atoms with E-state index in [4.69, 9.17) is 0 Å². The van der Waals surface area contributed by atoms with Crippen LogP contribution >= 0.6 is 0 Å². The molecule has 3 aromatic rings. The molecule has 0 aliphatic carbocycles. The second-order valence-electron chi connectivity index (χ2n) is 6.39. The van der Waals surface area contributed by atoms with Crippen molar-refractivity contribution in [3.8, 4) is 0 Å². The SMILES string of the molecule is CCn1cc(S(=O)(=O)NCCNc2ccc(Nc3ccc(C)cn3)nn2)nc1C. The molecule has 3 heterocycles. The van der Waals surface area contributed by atoms with E-state index in [2.05, 4.69) is 35.5 Å². The van der Waals surface area contributed by atoms with Crippen LogP contribution in [0.2, 0.25) is 0 Å². The van der Waals surface area contributed by atoms with E-state index in [9.17, 15) is 8.42 Å². The minimum absolute atomic E-state index is 0.0248. The van der Waals surface area contributed by atoms with Gasteiger partial charge in [0.25, 0.3) is 10.0 Å². The third-order valence-corrected chi connectivity index (χ3v) is 5.46. The molecule has 3 rings (SSSR count). The fourth-order valence-electron chi connectivity index (χ4n) is 2.54. The number of sulfonamides is 1. The fourth-order valence-corrected chi connectivity index (χ4v) is 3.58.